The van der Waals surface area contributed by atoms with Gasteiger partial charge in [0.15, 0.2) is 9.84 Å². The third kappa shape index (κ3) is 4.76. The van der Waals surface area contributed by atoms with Crippen molar-refractivity contribution in [3.8, 4) is 0 Å². The molecular formula is C10H18N2O3S. The van der Waals surface area contributed by atoms with E-state index in [4.69, 9.17) is 5.73 Å². The molecule has 0 spiro atoms. The maximum Gasteiger partial charge on any atom is 0.220 e. The fourth-order valence-corrected chi connectivity index (χ4v) is 2.76. The number of nitrogens with two attached hydrogens (primary N) is 1. The normalized spacial score (nSPS) is 24.2. The highest BCUT2D eigenvalue weighted by Gasteiger charge is 2.22. The van der Waals surface area contributed by atoms with Gasteiger partial charge in [0, 0.05) is 17.9 Å². The number of nitrogens with one attached hydrogen (secondary N) is 1. The Morgan fingerprint density at radius 1 is 1.62 bits per heavy atom. The zero-order valence-corrected chi connectivity index (χ0v) is 10.2. The first-order valence-corrected chi connectivity index (χ1v) is 7.06. The molecule has 0 bridgehead atoms. The Balaban J connectivity index is 2.24. The van der Waals surface area contributed by atoms with Crippen molar-refractivity contribution in [1.29, 1.82) is 0 Å². The summed E-state index contributed by atoms with van der Waals surface area (Å²) in [5, 5.41) is 3.82. The maximum atomic E-state index is 11.4. The molecule has 0 aromatic carbocycles. The largest absolute Gasteiger partial charge is 0.349 e. The SMILES string of the molecule is CC(N)CCCC(=O)NC1C=CS(=O)(=O)C1. The Labute approximate surface area is 96.0 Å². The molecule has 3 N–H and O–H groups in total. The van der Waals surface area contributed by atoms with Gasteiger partial charge in [-0.15, -0.1) is 0 Å². The van der Waals surface area contributed by atoms with Crippen LogP contribution in [0, 0.1) is 0 Å². The molecule has 2 unspecified atom stereocenters. The van der Waals surface area contributed by atoms with Crippen LogP contribution in [-0.4, -0.2) is 32.2 Å². The lowest BCUT2D eigenvalue weighted by atomic mass is 10.1. The Morgan fingerprint density at radius 2 is 2.31 bits per heavy atom. The Hall–Kier alpha value is -0.880. The number of hydrogen-bond donors (Lipinski definition) is 2. The van der Waals surface area contributed by atoms with Crippen LogP contribution in [0.1, 0.15) is 26.2 Å². The van der Waals surface area contributed by atoms with E-state index in [0.717, 1.165) is 18.2 Å². The van der Waals surface area contributed by atoms with Crippen LogP contribution < -0.4 is 11.1 Å². The first-order chi connectivity index (χ1) is 7.39. The van der Waals surface area contributed by atoms with E-state index in [9.17, 15) is 13.2 Å². The lowest BCUT2D eigenvalue weighted by Crippen LogP contribution is -2.35. The molecule has 0 radical (unpaired) electrons. The van der Waals surface area contributed by atoms with Gasteiger partial charge in [0.05, 0.1) is 11.8 Å². The maximum absolute atomic E-state index is 11.4. The van der Waals surface area contributed by atoms with Gasteiger partial charge < -0.3 is 11.1 Å². The zero-order chi connectivity index (χ0) is 12.2. The molecule has 2 atom stereocenters. The molecule has 0 aromatic rings. The van der Waals surface area contributed by atoms with Gasteiger partial charge in [0.1, 0.15) is 0 Å². The van der Waals surface area contributed by atoms with E-state index in [1.165, 1.54) is 6.08 Å². The molecule has 6 heteroatoms. The molecule has 0 saturated heterocycles. The summed E-state index contributed by atoms with van der Waals surface area (Å²) < 4.78 is 22.1. The van der Waals surface area contributed by atoms with Gasteiger partial charge in [-0.2, -0.15) is 0 Å². The van der Waals surface area contributed by atoms with Crippen LogP contribution in [0.25, 0.3) is 0 Å². The molecule has 5 nitrogen and oxygen atoms in total. The van der Waals surface area contributed by atoms with Crippen molar-refractivity contribution < 1.29 is 13.2 Å². The number of hydrogen-bond acceptors (Lipinski definition) is 4. The lowest BCUT2D eigenvalue weighted by Gasteiger charge is -2.10. The van der Waals surface area contributed by atoms with E-state index in [0.29, 0.717) is 6.42 Å². The van der Waals surface area contributed by atoms with Crippen molar-refractivity contribution in [2.24, 2.45) is 5.73 Å². The molecule has 0 aliphatic carbocycles. The van der Waals surface area contributed by atoms with Crippen LogP contribution in [0.3, 0.4) is 0 Å². The average Bonchev–Trinajstić information content (AvgIpc) is 2.44. The molecule has 0 fully saturated rings. The van der Waals surface area contributed by atoms with Crippen molar-refractivity contribution in [2.45, 2.75) is 38.3 Å². The van der Waals surface area contributed by atoms with E-state index in [-0.39, 0.29) is 23.7 Å². The van der Waals surface area contributed by atoms with E-state index in [1.54, 1.807) is 0 Å². The van der Waals surface area contributed by atoms with E-state index >= 15 is 0 Å². The van der Waals surface area contributed by atoms with Crippen molar-refractivity contribution >= 4 is 15.7 Å². The number of carbonyl (C=O) groups excluding carboxylic acids is 1. The monoisotopic (exact) mass is 246 g/mol. The molecule has 0 aromatic heterocycles. The van der Waals surface area contributed by atoms with Crippen molar-refractivity contribution in [2.75, 3.05) is 5.75 Å². The standard InChI is InChI=1S/C10H18N2O3S/c1-8(11)3-2-4-10(13)12-9-5-6-16(14,15)7-9/h5-6,8-9H,2-4,7,11H2,1H3,(H,12,13). The molecular weight excluding hydrogens is 228 g/mol. The summed E-state index contributed by atoms with van der Waals surface area (Å²) in [4.78, 5) is 11.4. The minimum absolute atomic E-state index is 0.0218. The minimum Gasteiger partial charge on any atom is -0.349 e. The molecule has 1 aliphatic rings. The molecule has 92 valence electrons. The quantitative estimate of drug-likeness (QED) is 0.710. The number of amides is 1. The molecule has 1 amide bonds. The van der Waals surface area contributed by atoms with E-state index in [2.05, 4.69) is 5.32 Å². The molecule has 1 aliphatic heterocycles. The van der Waals surface area contributed by atoms with Crippen LogP contribution in [0.4, 0.5) is 0 Å². The average molecular weight is 246 g/mol. The number of carbonyl (C=O) groups is 1. The summed E-state index contributed by atoms with van der Waals surface area (Å²) in [6.45, 7) is 1.89. The van der Waals surface area contributed by atoms with E-state index < -0.39 is 9.84 Å². The zero-order valence-electron chi connectivity index (χ0n) is 9.35. The second kappa shape index (κ2) is 5.45. The van der Waals surface area contributed by atoms with Gasteiger partial charge in [-0.3, -0.25) is 4.79 Å². The summed E-state index contributed by atoms with van der Waals surface area (Å²) in [6.07, 6.45) is 3.43. The Bertz CT molecular complexity index is 374. The predicted octanol–water partition coefficient (Wildman–Crippen LogP) is -0.0692. The number of rotatable bonds is 5. The van der Waals surface area contributed by atoms with Crippen LogP contribution in [0.15, 0.2) is 11.5 Å². The van der Waals surface area contributed by atoms with Gasteiger partial charge >= 0.3 is 0 Å². The second-order valence-corrected chi connectivity index (χ2v) is 6.13. The van der Waals surface area contributed by atoms with Gasteiger partial charge in [0.25, 0.3) is 0 Å². The molecule has 0 saturated carbocycles. The Morgan fingerprint density at radius 3 is 2.81 bits per heavy atom. The minimum atomic E-state index is -3.09. The van der Waals surface area contributed by atoms with Gasteiger partial charge in [-0.1, -0.05) is 0 Å². The first-order valence-electron chi connectivity index (χ1n) is 5.35. The van der Waals surface area contributed by atoms with Gasteiger partial charge in [-0.25, -0.2) is 8.42 Å². The first kappa shape index (κ1) is 13.2. The highest BCUT2D eigenvalue weighted by Crippen LogP contribution is 2.08. The Kier molecular flexibility index (Phi) is 4.49. The fraction of sp³-hybridized carbons (Fsp3) is 0.700. The lowest BCUT2D eigenvalue weighted by molar-refractivity contribution is -0.121. The highest BCUT2D eigenvalue weighted by molar-refractivity contribution is 7.94. The van der Waals surface area contributed by atoms with Crippen LogP contribution >= 0.6 is 0 Å². The number of sulfone groups is 1. The predicted molar refractivity (Wildman–Crippen MR) is 62.4 cm³/mol. The van der Waals surface area contributed by atoms with Gasteiger partial charge in [0.2, 0.25) is 5.91 Å². The fourth-order valence-electron chi connectivity index (χ4n) is 1.53. The summed E-state index contributed by atoms with van der Waals surface area (Å²) in [5.74, 6) is -0.140. The topological polar surface area (TPSA) is 89.3 Å². The van der Waals surface area contributed by atoms with Crippen molar-refractivity contribution in [3.63, 3.8) is 0 Å². The smallest absolute Gasteiger partial charge is 0.220 e. The summed E-state index contributed by atoms with van der Waals surface area (Å²) in [6, 6.07) is -0.271. The van der Waals surface area contributed by atoms with Crippen LogP contribution in [0.5, 0.6) is 0 Å². The molecule has 1 heterocycles. The van der Waals surface area contributed by atoms with Crippen molar-refractivity contribution in [1.82, 2.24) is 5.32 Å². The third-order valence-corrected chi connectivity index (χ3v) is 3.74. The van der Waals surface area contributed by atoms with Crippen LogP contribution in [0.2, 0.25) is 0 Å². The summed E-state index contributed by atoms with van der Waals surface area (Å²) in [7, 11) is -3.09. The van der Waals surface area contributed by atoms with Crippen LogP contribution in [-0.2, 0) is 14.6 Å². The highest BCUT2D eigenvalue weighted by atomic mass is 32.2. The third-order valence-electron chi connectivity index (χ3n) is 2.34. The van der Waals surface area contributed by atoms with Gasteiger partial charge in [-0.05, 0) is 25.8 Å². The second-order valence-electron chi connectivity index (χ2n) is 4.20. The summed E-state index contributed by atoms with van der Waals surface area (Å²) in [5.41, 5.74) is 5.56. The van der Waals surface area contributed by atoms with Crippen molar-refractivity contribution in [3.05, 3.63) is 11.5 Å². The molecule has 16 heavy (non-hydrogen) atoms. The van der Waals surface area contributed by atoms with E-state index in [1.807, 2.05) is 6.92 Å². The molecule has 1 rings (SSSR count). The summed E-state index contributed by atoms with van der Waals surface area (Å²) >= 11 is 0.